The van der Waals surface area contributed by atoms with E-state index in [0.717, 1.165) is 21.3 Å². The average molecular weight is 336 g/mol. The minimum absolute atomic E-state index is 0.174. The van der Waals surface area contributed by atoms with Gasteiger partial charge in [-0.2, -0.15) is 8.42 Å². The van der Waals surface area contributed by atoms with E-state index < -0.39 is 10.1 Å². The Bertz CT molecular complexity index is 549. The molecule has 0 amide bonds. The number of thiophene rings is 1. The molecule has 2 rings (SSSR count). The Hall–Kier alpha value is -0.830. The van der Waals surface area contributed by atoms with Crippen molar-refractivity contribution >= 4 is 21.5 Å². The molecule has 0 bridgehead atoms. The summed E-state index contributed by atoms with van der Waals surface area (Å²) in [4.78, 5) is 2.19. The second-order valence-electron chi connectivity index (χ2n) is 4.98. The van der Waals surface area contributed by atoms with Crippen LogP contribution >= 0.6 is 11.3 Å². The Labute approximate surface area is 128 Å². The molecule has 1 aromatic rings. The molecule has 120 valence electrons. The Morgan fingerprint density at radius 2 is 1.76 bits per heavy atom. The number of hydrogen-bond donors (Lipinski definition) is 1. The highest BCUT2D eigenvalue weighted by molar-refractivity contribution is 7.85. The van der Waals surface area contributed by atoms with Crippen LogP contribution in [0.3, 0.4) is 0 Å². The summed E-state index contributed by atoms with van der Waals surface area (Å²) >= 11 is 1.65. The van der Waals surface area contributed by atoms with Crippen molar-refractivity contribution in [1.82, 2.24) is 0 Å². The van der Waals surface area contributed by atoms with Crippen molar-refractivity contribution in [2.24, 2.45) is 0 Å². The van der Waals surface area contributed by atoms with E-state index in [1.54, 1.807) is 11.3 Å². The summed E-state index contributed by atoms with van der Waals surface area (Å²) in [5.41, 5.74) is 0. The molecule has 0 unspecified atom stereocenters. The summed E-state index contributed by atoms with van der Waals surface area (Å²) in [5, 5.41) is 0. The molecule has 0 spiro atoms. The molecule has 0 fully saturated rings. The van der Waals surface area contributed by atoms with Crippen LogP contribution < -0.4 is 9.47 Å². The normalized spacial score (nSPS) is 16.0. The first-order chi connectivity index (χ1) is 9.87. The average Bonchev–Trinajstić information content (AvgIpc) is 2.56. The highest BCUT2D eigenvalue weighted by atomic mass is 32.2. The number of aryl methyl sites for hydroxylation is 2. The molecule has 1 aliphatic rings. The second kappa shape index (κ2) is 6.95. The second-order valence-corrected chi connectivity index (χ2v) is 7.98. The molecule has 0 radical (unpaired) electrons. The van der Waals surface area contributed by atoms with Crippen molar-refractivity contribution in [3.63, 3.8) is 0 Å². The molecule has 0 aliphatic carbocycles. The molecule has 1 N–H and O–H groups in total. The van der Waals surface area contributed by atoms with Crippen molar-refractivity contribution in [2.45, 2.75) is 32.8 Å². The highest BCUT2D eigenvalue weighted by Gasteiger charge is 2.23. The molecular formula is C13H20O6S2. The van der Waals surface area contributed by atoms with Crippen LogP contribution in [0, 0.1) is 13.8 Å². The van der Waals surface area contributed by atoms with Crippen LogP contribution in [0.1, 0.15) is 22.6 Å². The van der Waals surface area contributed by atoms with Gasteiger partial charge in [-0.3, -0.25) is 4.55 Å². The molecule has 0 aromatic carbocycles. The number of fused-ring (bicyclic) bond motifs is 1. The van der Waals surface area contributed by atoms with Gasteiger partial charge in [0.1, 0.15) is 19.3 Å². The number of rotatable bonds is 6. The van der Waals surface area contributed by atoms with Crippen LogP contribution in [-0.4, -0.2) is 44.6 Å². The van der Waals surface area contributed by atoms with Crippen molar-refractivity contribution < 1.29 is 27.2 Å². The monoisotopic (exact) mass is 336 g/mol. The Morgan fingerprint density at radius 1 is 1.19 bits per heavy atom. The lowest BCUT2D eigenvalue weighted by Gasteiger charge is -2.14. The lowest BCUT2D eigenvalue weighted by Crippen LogP contribution is -2.27. The number of unbranched alkanes of at least 4 members (excludes halogenated alkanes) is 1. The van der Waals surface area contributed by atoms with E-state index in [2.05, 4.69) is 0 Å². The van der Waals surface area contributed by atoms with Crippen molar-refractivity contribution in [2.75, 3.05) is 25.6 Å². The lowest BCUT2D eigenvalue weighted by atomic mass is 10.3. The predicted molar refractivity (Wildman–Crippen MR) is 80.2 cm³/mol. The van der Waals surface area contributed by atoms with E-state index in [1.807, 2.05) is 13.8 Å². The molecular weight excluding hydrogens is 316 g/mol. The van der Waals surface area contributed by atoms with Crippen molar-refractivity contribution in [3.8, 4) is 11.5 Å². The van der Waals surface area contributed by atoms with Crippen LogP contribution in [0.4, 0.5) is 0 Å². The van der Waals surface area contributed by atoms with E-state index >= 15 is 0 Å². The van der Waals surface area contributed by atoms with Crippen LogP contribution in [0.25, 0.3) is 0 Å². The highest BCUT2D eigenvalue weighted by Crippen LogP contribution is 2.42. The summed E-state index contributed by atoms with van der Waals surface area (Å²) < 4.78 is 46.9. The van der Waals surface area contributed by atoms with E-state index in [-0.39, 0.29) is 11.9 Å². The fourth-order valence-corrected chi connectivity index (χ4v) is 3.63. The van der Waals surface area contributed by atoms with Crippen LogP contribution in [0.15, 0.2) is 0 Å². The topological polar surface area (TPSA) is 82.1 Å². The van der Waals surface area contributed by atoms with Gasteiger partial charge in [0.05, 0.1) is 5.75 Å². The summed E-state index contributed by atoms with van der Waals surface area (Å²) in [6.45, 7) is 5.25. The van der Waals surface area contributed by atoms with E-state index in [4.69, 9.17) is 18.8 Å². The summed E-state index contributed by atoms with van der Waals surface area (Å²) in [5.74, 6) is 1.37. The molecule has 2 heterocycles. The smallest absolute Gasteiger partial charge is 0.264 e. The van der Waals surface area contributed by atoms with Gasteiger partial charge >= 0.3 is 0 Å². The van der Waals surface area contributed by atoms with E-state index in [9.17, 15) is 8.42 Å². The van der Waals surface area contributed by atoms with Gasteiger partial charge in [-0.05, 0) is 26.7 Å². The van der Waals surface area contributed by atoms with Gasteiger partial charge in [0.25, 0.3) is 10.1 Å². The molecule has 0 atom stereocenters. The number of hydrogen-bond acceptors (Lipinski definition) is 6. The molecule has 8 heteroatoms. The van der Waals surface area contributed by atoms with Gasteiger partial charge < -0.3 is 14.2 Å². The molecule has 6 nitrogen and oxygen atoms in total. The maximum atomic E-state index is 10.6. The maximum absolute atomic E-state index is 10.6. The van der Waals surface area contributed by atoms with Crippen molar-refractivity contribution in [1.29, 1.82) is 0 Å². The first kappa shape index (κ1) is 16.5. The Morgan fingerprint density at radius 3 is 2.29 bits per heavy atom. The van der Waals surface area contributed by atoms with Crippen LogP contribution in [-0.2, 0) is 14.9 Å². The first-order valence-electron chi connectivity index (χ1n) is 6.79. The van der Waals surface area contributed by atoms with Crippen LogP contribution in [0.5, 0.6) is 11.5 Å². The third kappa shape index (κ3) is 4.84. The van der Waals surface area contributed by atoms with E-state index in [1.165, 1.54) is 0 Å². The van der Waals surface area contributed by atoms with Gasteiger partial charge in [0.2, 0.25) is 0 Å². The van der Waals surface area contributed by atoms with E-state index in [0.29, 0.717) is 32.7 Å². The standard InChI is InChI=1S/C13H20O6S2/c1-9-12-13(10(2)20-9)19-8-11(7-18-12)17-5-3-4-6-21(14,15)16/h11H,3-8H2,1-2H3,(H,14,15,16). The van der Waals surface area contributed by atoms with Crippen molar-refractivity contribution in [3.05, 3.63) is 9.75 Å². The fraction of sp³-hybridized carbons (Fsp3) is 0.692. The van der Waals surface area contributed by atoms with Gasteiger partial charge in [0, 0.05) is 16.4 Å². The molecule has 0 saturated carbocycles. The van der Waals surface area contributed by atoms with Crippen LogP contribution in [0.2, 0.25) is 0 Å². The first-order valence-corrected chi connectivity index (χ1v) is 9.21. The van der Waals surface area contributed by atoms with Gasteiger partial charge in [-0.15, -0.1) is 11.3 Å². The third-order valence-electron chi connectivity index (χ3n) is 3.13. The summed E-state index contributed by atoms with van der Waals surface area (Å²) in [7, 11) is -3.88. The Kier molecular flexibility index (Phi) is 5.48. The molecule has 21 heavy (non-hydrogen) atoms. The minimum atomic E-state index is -3.88. The quantitative estimate of drug-likeness (QED) is 0.633. The zero-order valence-corrected chi connectivity index (χ0v) is 13.8. The Balaban J connectivity index is 1.74. The predicted octanol–water partition coefficient (Wildman–Crippen LogP) is 2.19. The minimum Gasteiger partial charge on any atom is -0.486 e. The van der Waals surface area contributed by atoms with Gasteiger partial charge in [0.15, 0.2) is 11.5 Å². The molecule has 0 saturated heterocycles. The number of ether oxygens (including phenoxy) is 3. The summed E-state index contributed by atoms with van der Waals surface area (Å²) in [6.07, 6.45) is 0.764. The third-order valence-corrected chi connectivity index (χ3v) is 4.92. The maximum Gasteiger partial charge on any atom is 0.264 e. The SMILES string of the molecule is Cc1sc(C)c2c1OCC(OCCCCS(=O)(=O)O)CO2. The fourth-order valence-electron chi connectivity index (χ4n) is 2.11. The zero-order chi connectivity index (χ0) is 15.5. The zero-order valence-electron chi connectivity index (χ0n) is 12.1. The summed E-state index contributed by atoms with van der Waals surface area (Å²) in [6, 6.07) is 0. The molecule has 1 aliphatic heterocycles. The van der Waals surface area contributed by atoms with Gasteiger partial charge in [-0.1, -0.05) is 0 Å². The lowest BCUT2D eigenvalue weighted by molar-refractivity contribution is 0.00148. The van der Waals surface area contributed by atoms with Gasteiger partial charge in [-0.25, -0.2) is 0 Å². The largest absolute Gasteiger partial charge is 0.486 e. The molecule has 1 aromatic heterocycles.